The van der Waals surface area contributed by atoms with Crippen LogP contribution in [0.1, 0.15) is 57.3 Å². The summed E-state index contributed by atoms with van der Waals surface area (Å²) in [6.07, 6.45) is 5.48. The number of aromatic hydroxyl groups is 1. The molecule has 2 N–H and O–H groups in total. The molecule has 0 saturated heterocycles. The van der Waals surface area contributed by atoms with Gasteiger partial charge in [-0.1, -0.05) is 37.1 Å². The molecule has 2 rings (SSSR count). The number of allylic oxidation sites excluding steroid dienone is 2. The lowest BCUT2D eigenvalue weighted by Gasteiger charge is -2.33. The van der Waals surface area contributed by atoms with Crippen LogP contribution in [0.2, 0.25) is 0 Å². The Hall–Kier alpha value is -2.07. The van der Waals surface area contributed by atoms with Gasteiger partial charge in [0.1, 0.15) is 11.9 Å². The Morgan fingerprint density at radius 2 is 1.81 bits per heavy atom. The maximum Gasteiger partial charge on any atom is 0.338 e. The quantitative estimate of drug-likeness (QED) is 0.611. The molecular formula is C22H30O4. The van der Waals surface area contributed by atoms with E-state index in [0.717, 1.165) is 18.4 Å². The predicted molar refractivity (Wildman–Crippen MR) is 103 cm³/mol. The van der Waals surface area contributed by atoms with Crippen LogP contribution in [0.25, 0.3) is 0 Å². The van der Waals surface area contributed by atoms with E-state index in [-0.39, 0.29) is 17.6 Å². The van der Waals surface area contributed by atoms with Crippen molar-refractivity contribution in [1.29, 1.82) is 0 Å². The topological polar surface area (TPSA) is 66.8 Å². The molecular weight excluding hydrogens is 328 g/mol. The van der Waals surface area contributed by atoms with Gasteiger partial charge in [0.25, 0.3) is 0 Å². The fourth-order valence-corrected chi connectivity index (χ4v) is 3.54. The van der Waals surface area contributed by atoms with Crippen molar-refractivity contribution >= 4 is 5.97 Å². The molecule has 26 heavy (non-hydrogen) atoms. The number of ether oxygens (including phenoxy) is 1. The van der Waals surface area contributed by atoms with Gasteiger partial charge in [0, 0.05) is 12.3 Å². The summed E-state index contributed by atoms with van der Waals surface area (Å²) in [7, 11) is 0. The van der Waals surface area contributed by atoms with Gasteiger partial charge < -0.3 is 14.9 Å². The third-order valence-electron chi connectivity index (χ3n) is 4.96. The highest BCUT2D eigenvalue weighted by atomic mass is 16.5. The lowest BCUT2D eigenvalue weighted by Crippen LogP contribution is -2.38. The van der Waals surface area contributed by atoms with Gasteiger partial charge in [-0.25, -0.2) is 4.79 Å². The average molecular weight is 358 g/mol. The second-order valence-electron chi connectivity index (χ2n) is 7.61. The lowest BCUT2D eigenvalue weighted by molar-refractivity contribution is -0.0216. The molecule has 0 heterocycles. The fourth-order valence-electron chi connectivity index (χ4n) is 3.54. The minimum atomic E-state index is -0.654. The first-order valence-electron chi connectivity index (χ1n) is 9.29. The van der Waals surface area contributed by atoms with Crippen LogP contribution in [0, 0.1) is 11.8 Å². The van der Waals surface area contributed by atoms with Crippen LogP contribution >= 0.6 is 0 Å². The third-order valence-corrected chi connectivity index (χ3v) is 4.96. The third kappa shape index (κ3) is 5.46. The Kier molecular flexibility index (Phi) is 7.04. The zero-order valence-electron chi connectivity index (χ0n) is 16.1. The standard InChI is InChI=1S/C22H30O4/c1-14(2)21-19(24)12-15(3)6-5-7-16(4)13-20(21)26-22(25)17-8-10-18(23)11-9-17/h7-12,14,19-21,23-24H,5-6,13H2,1-4H3/t19-,20+,21?/m0/s1. The normalized spacial score (nSPS) is 24.6. The van der Waals surface area contributed by atoms with Gasteiger partial charge in [0.2, 0.25) is 0 Å². The van der Waals surface area contributed by atoms with E-state index in [1.165, 1.54) is 17.7 Å². The molecule has 0 aliphatic heterocycles. The smallest absolute Gasteiger partial charge is 0.338 e. The van der Waals surface area contributed by atoms with E-state index in [9.17, 15) is 15.0 Å². The number of rotatable bonds is 3. The van der Waals surface area contributed by atoms with Crippen molar-refractivity contribution in [3.05, 3.63) is 53.1 Å². The van der Waals surface area contributed by atoms with E-state index in [2.05, 4.69) is 6.08 Å². The molecule has 1 aliphatic rings. The Morgan fingerprint density at radius 1 is 1.15 bits per heavy atom. The molecule has 142 valence electrons. The summed E-state index contributed by atoms with van der Waals surface area (Å²) in [4.78, 5) is 12.6. The summed E-state index contributed by atoms with van der Waals surface area (Å²) >= 11 is 0. The average Bonchev–Trinajstić information content (AvgIpc) is 2.54. The monoisotopic (exact) mass is 358 g/mol. The lowest BCUT2D eigenvalue weighted by atomic mass is 9.81. The van der Waals surface area contributed by atoms with Crippen molar-refractivity contribution < 1.29 is 19.7 Å². The summed E-state index contributed by atoms with van der Waals surface area (Å²) in [5, 5.41) is 20.2. The largest absolute Gasteiger partial charge is 0.508 e. The second kappa shape index (κ2) is 9.04. The van der Waals surface area contributed by atoms with E-state index in [1.807, 2.05) is 33.8 Å². The Labute approximate surface area is 156 Å². The highest BCUT2D eigenvalue weighted by Gasteiger charge is 2.33. The zero-order valence-corrected chi connectivity index (χ0v) is 16.1. The van der Waals surface area contributed by atoms with Crippen molar-refractivity contribution in [3.63, 3.8) is 0 Å². The molecule has 0 fully saturated rings. The van der Waals surface area contributed by atoms with Gasteiger partial charge in [-0.3, -0.25) is 0 Å². The van der Waals surface area contributed by atoms with Gasteiger partial charge in [-0.15, -0.1) is 0 Å². The molecule has 0 spiro atoms. The summed E-state index contributed by atoms with van der Waals surface area (Å²) < 4.78 is 5.85. The first-order valence-corrected chi connectivity index (χ1v) is 9.29. The summed E-state index contributed by atoms with van der Waals surface area (Å²) in [5.41, 5.74) is 2.71. The van der Waals surface area contributed by atoms with Gasteiger partial charge in [0.15, 0.2) is 0 Å². The van der Waals surface area contributed by atoms with Gasteiger partial charge in [-0.05, 0) is 56.9 Å². The molecule has 0 saturated carbocycles. The zero-order chi connectivity index (χ0) is 19.3. The molecule has 1 unspecified atom stereocenters. The van der Waals surface area contributed by atoms with Crippen LogP contribution in [-0.2, 0) is 4.74 Å². The fraction of sp³-hybridized carbons (Fsp3) is 0.500. The summed E-state index contributed by atoms with van der Waals surface area (Å²) in [5.74, 6) is -0.361. The molecule has 0 amide bonds. The van der Waals surface area contributed by atoms with Crippen molar-refractivity contribution in [3.8, 4) is 5.75 Å². The van der Waals surface area contributed by atoms with Crippen LogP contribution in [0.3, 0.4) is 0 Å². The molecule has 4 heteroatoms. The Morgan fingerprint density at radius 3 is 2.42 bits per heavy atom. The van der Waals surface area contributed by atoms with E-state index in [1.54, 1.807) is 12.1 Å². The minimum Gasteiger partial charge on any atom is -0.508 e. The number of phenols is 1. The summed E-state index contributed by atoms with van der Waals surface area (Å²) in [6, 6.07) is 6.03. The Balaban J connectivity index is 2.30. The first kappa shape index (κ1) is 20.2. The number of hydrogen-bond donors (Lipinski definition) is 2. The number of carbonyl (C=O) groups excluding carboxylic acids is 1. The van der Waals surface area contributed by atoms with Crippen molar-refractivity contribution in [2.24, 2.45) is 11.8 Å². The first-order chi connectivity index (χ1) is 12.3. The summed E-state index contributed by atoms with van der Waals surface area (Å²) in [6.45, 7) is 8.17. The predicted octanol–water partition coefficient (Wildman–Crippen LogP) is 4.63. The van der Waals surface area contributed by atoms with Crippen LogP contribution in [-0.4, -0.2) is 28.4 Å². The molecule has 0 bridgehead atoms. The molecule has 1 aromatic rings. The molecule has 1 aromatic carbocycles. The number of benzene rings is 1. The van der Waals surface area contributed by atoms with Gasteiger partial charge in [-0.2, -0.15) is 0 Å². The minimum absolute atomic E-state index is 0.107. The number of aliphatic hydroxyl groups excluding tert-OH is 1. The molecule has 0 aromatic heterocycles. The number of hydrogen-bond acceptors (Lipinski definition) is 4. The van der Waals surface area contributed by atoms with E-state index < -0.39 is 18.2 Å². The van der Waals surface area contributed by atoms with Crippen LogP contribution in [0.4, 0.5) is 0 Å². The van der Waals surface area contributed by atoms with Gasteiger partial charge in [0.05, 0.1) is 11.7 Å². The number of esters is 1. The van der Waals surface area contributed by atoms with E-state index in [4.69, 9.17) is 4.74 Å². The van der Waals surface area contributed by atoms with Crippen molar-refractivity contribution in [2.45, 2.75) is 59.2 Å². The second-order valence-corrected chi connectivity index (χ2v) is 7.61. The van der Waals surface area contributed by atoms with Gasteiger partial charge >= 0.3 is 5.97 Å². The number of aliphatic hydroxyl groups is 1. The maximum absolute atomic E-state index is 12.6. The molecule has 3 atom stereocenters. The number of phenolic OH excluding ortho intramolecular Hbond substituents is 1. The SMILES string of the molecule is CC1=C[C@H](O)C(C(C)C)[C@H](OC(=O)c2ccc(O)cc2)CC(C)=CCC1. The van der Waals surface area contributed by atoms with Crippen LogP contribution in [0.5, 0.6) is 5.75 Å². The van der Waals surface area contributed by atoms with E-state index in [0.29, 0.717) is 12.0 Å². The Bertz CT molecular complexity index is 670. The molecule has 0 radical (unpaired) electrons. The maximum atomic E-state index is 12.6. The van der Waals surface area contributed by atoms with Crippen LogP contribution < -0.4 is 0 Å². The van der Waals surface area contributed by atoms with Crippen LogP contribution in [0.15, 0.2) is 47.6 Å². The van der Waals surface area contributed by atoms with Crippen molar-refractivity contribution in [2.75, 3.05) is 0 Å². The number of carbonyl (C=O) groups is 1. The van der Waals surface area contributed by atoms with E-state index >= 15 is 0 Å². The highest BCUT2D eigenvalue weighted by Crippen LogP contribution is 2.30. The van der Waals surface area contributed by atoms with Crippen molar-refractivity contribution in [1.82, 2.24) is 0 Å². The molecule has 4 nitrogen and oxygen atoms in total. The highest BCUT2D eigenvalue weighted by molar-refractivity contribution is 5.89. The molecule has 1 aliphatic carbocycles.